The van der Waals surface area contributed by atoms with Crippen LogP contribution in [-0.4, -0.2) is 72.8 Å². The third kappa shape index (κ3) is 4.17. The van der Waals surface area contributed by atoms with Crippen LogP contribution in [0.5, 0.6) is 5.75 Å². The number of carbonyl (C=O) groups excluding carboxylic acids is 1. The summed E-state index contributed by atoms with van der Waals surface area (Å²) >= 11 is 7.25. The first-order valence-electron chi connectivity index (χ1n) is 14.6. The van der Waals surface area contributed by atoms with E-state index in [1.54, 1.807) is 21.9 Å². The van der Waals surface area contributed by atoms with Crippen LogP contribution in [-0.2, 0) is 4.79 Å². The van der Waals surface area contributed by atoms with Crippen LogP contribution in [0.1, 0.15) is 36.6 Å². The normalized spacial score (nSPS) is 16.3. The maximum Gasteiger partial charge on any atom is 0.355 e. The fourth-order valence-corrected chi connectivity index (χ4v) is 6.69. The van der Waals surface area contributed by atoms with Crippen LogP contribution >= 0.6 is 11.6 Å². The molecular weight excluding hydrogens is 580 g/mol. The maximum atomic E-state index is 14.2. The molecule has 1 aromatic carbocycles. The smallest absolute Gasteiger partial charge is 0.355 e. The minimum atomic E-state index is -0.485. The second kappa shape index (κ2) is 10.4. The molecule has 0 unspecified atom stereocenters. The van der Waals surface area contributed by atoms with Crippen molar-refractivity contribution in [1.82, 2.24) is 34.6 Å². The molecule has 1 N–H and O–H groups in total. The number of hydrogen-bond acceptors (Lipinski definition) is 8. The van der Waals surface area contributed by atoms with E-state index in [0.717, 1.165) is 33.3 Å². The minimum absolute atomic E-state index is 0.0199. The summed E-state index contributed by atoms with van der Waals surface area (Å²) < 4.78 is 8.09. The highest BCUT2D eigenvalue weighted by Gasteiger charge is 2.37. The van der Waals surface area contributed by atoms with Gasteiger partial charge in [0.25, 0.3) is 0 Å². The summed E-state index contributed by atoms with van der Waals surface area (Å²) in [6, 6.07) is 5.55. The number of fused-ring (bicyclic) bond motifs is 3. The zero-order valence-corrected chi connectivity index (χ0v) is 25.6. The summed E-state index contributed by atoms with van der Waals surface area (Å²) in [5.41, 5.74) is 5.17. The first-order valence-corrected chi connectivity index (χ1v) is 14.9. The van der Waals surface area contributed by atoms with Crippen molar-refractivity contribution < 1.29 is 9.53 Å². The van der Waals surface area contributed by atoms with E-state index in [1.165, 1.54) is 6.08 Å². The van der Waals surface area contributed by atoms with Gasteiger partial charge in [0, 0.05) is 36.8 Å². The molecule has 0 radical (unpaired) electrons. The van der Waals surface area contributed by atoms with Gasteiger partial charge in [-0.1, -0.05) is 38.1 Å². The summed E-state index contributed by atoms with van der Waals surface area (Å²) in [4.78, 5) is 45.1. The van der Waals surface area contributed by atoms with Gasteiger partial charge in [0.1, 0.15) is 22.8 Å². The molecule has 1 amide bonds. The van der Waals surface area contributed by atoms with Crippen LogP contribution in [0.2, 0.25) is 5.02 Å². The molecule has 0 saturated carbocycles. The topological polar surface area (TPSA) is 122 Å². The monoisotopic (exact) mass is 610 g/mol. The van der Waals surface area contributed by atoms with E-state index in [9.17, 15) is 9.59 Å². The fourth-order valence-electron chi connectivity index (χ4n) is 6.40. The number of rotatable bonds is 4. The van der Waals surface area contributed by atoms with Gasteiger partial charge in [0.15, 0.2) is 11.4 Å². The van der Waals surface area contributed by atoms with Gasteiger partial charge >= 0.3 is 5.69 Å². The molecule has 1 fully saturated rings. The SMILES string of the molecule is C=CC(=O)N1CCN2c3nc(=O)n(-c4c(C)ccnc4C(C)C)c4nc(-c5c(C)ccc6[nH]ncc56)c(Cl)c(c34)OC[C@H]2C1. The lowest BCUT2D eigenvalue weighted by molar-refractivity contribution is -0.126. The van der Waals surface area contributed by atoms with Crippen molar-refractivity contribution in [2.75, 3.05) is 31.1 Å². The van der Waals surface area contributed by atoms with E-state index in [1.807, 2.05) is 50.8 Å². The van der Waals surface area contributed by atoms with E-state index in [-0.39, 0.29) is 24.5 Å². The molecule has 5 aromatic rings. The minimum Gasteiger partial charge on any atom is -0.489 e. The molecule has 0 spiro atoms. The highest BCUT2D eigenvalue weighted by Crippen LogP contribution is 2.46. The standard InChI is InChI=1S/C32H31ClN8O3/c1-6-22(42)39-11-12-40-19(14-39)15-44-29-24-30(40)37-32(43)41(28-18(5)9-10-34-26(28)16(2)3)31(24)36-27(25(29)33)23-17(4)7-8-21-20(23)13-35-38-21/h6-10,13,16,19H,1,11-12,14-15H2,2-5H3,(H,35,38)/t19-/m1/s1. The number of pyridine rings is 2. The van der Waals surface area contributed by atoms with Gasteiger partial charge < -0.3 is 14.5 Å². The fraction of sp³-hybridized carbons (Fsp3) is 0.312. The molecule has 0 bridgehead atoms. The summed E-state index contributed by atoms with van der Waals surface area (Å²) in [5, 5.41) is 8.98. The average molecular weight is 611 g/mol. The molecule has 7 rings (SSSR count). The summed E-state index contributed by atoms with van der Waals surface area (Å²) in [7, 11) is 0. The molecule has 224 valence electrons. The van der Waals surface area contributed by atoms with Crippen molar-refractivity contribution in [2.45, 2.75) is 39.7 Å². The Kier molecular flexibility index (Phi) is 6.65. The molecule has 1 atom stereocenters. The number of piperazine rings is 1. The Balaban J connectivity index is 1.59. The highest BCUT2D eigenvalue weighted by molar-refractivity contribution is 6.36. The first kappa shape index (κ1) is 28.0. The second-order valence-electron chi connectivity index (χ2n) is 11.6. The maximum absolute atomic E-state index is 14.2. The highest BCUT2D eigenvalue weighted by atomic mass is 35.5. The van der Waals surface area contributed by atoms with Crippen molar-refractivity contribution in [2.24, 2.45) is 0 Å². The number of carbonyl (C=O) groups is 1. The van der Waals surface area contributed by atoms with Gasteiger partial charge in [-0.2, -0.15) is 10.1 Å². The van der Waals surface area contributed by atoms with E-state index < -0.39 is 5.69 Å². The molecule has 44 heavy (non-hydrogen) atoms. The third-order valence-electron chi connectivity index (χ3n) is 8.56. The Labute approximate surface area is 258 Å². The van der Waals surface area contributed by atoms with Gasteiger partial charge in [-0.05, 0) is 49.1 Å². The van der Waals surface area contributed by atoms with Gasteiger partial charge in [0.2, 0.25) is 5.91 Å². The largest absolute Gasteiger partial charge is 0.489 e. The van der Waals surface area contributed by atoms with Crippen LogP contribution in [0.25, 0.3) is 38.9 Å². The van der Waals surface area contributed by atoms with E-state index >= 15 is 0 Å². The zero-order valence-electron chi connectivity index (χ0n) is 24.9. The number of benzene rings is 1. The molecular formula is C32H31ClN8O3. The quantitative estimate of drug-likeness (QED) is 0.290. The molecule has 11 nitrogen and oxygen atoms in total. The average Bonchev–Trinajstić information content (AvgIpc) is 3.42. The number of aromatic amines is 1. The van der Waals surface area contributed by atoms with Crippen molar-refractivity contribution in [1.29, 1.82) is 0 Å². The van der Waals surface area contributed by atoms with E-state index in [0.29, 0.717) is 58.6 Å². The van der Waals surface area contributed by atoms with Crippen LogP contribution < -0.4 is 15.3 Å². The number of nitrogens with zero attached hydrogens (tertiary/aromatic N) is 7. The number of anilines is 1. The second-order valence-corrected chi connectivity index (χ2v) is 12.0. The van der Waals surface area contributed by atoms with Crippen LogP contribution in [0.15, 0.2) is 48.0 Å². The molecule has 12 heteroatoms. The molecule has 2 aliphatic heterocycles. The summed E-state index contributed by atoms with van der Waals surface area (Å²) in [6.45, 7) is 13.2. The van der Waals surface area contributed by atoms with Gasteiger partial charge in [-0.15, -0.1) is 0 Å². The lowest BCUT2D eigenvalue weighted by Crippen LogP contribution is -2.56. The van der Waals surface area contributed by atoms with Crippen molar-refractivity contribution in [3.63, 3.8) is 0 Å². The number of aromatic nitrogens is 6. The molecule has 2 aliphatic rings. The van der Waals surface area contributed by atoms with Gasteiger partial charge in [-0.25, -0.2) is 14.3 Å². The van der Waals surface area contributed by atoms with E-state index in [4.69, 9.17) is 21.3 Å². The number of ether oxygens (including phenoxy) is 1. The van der Waals surface area contributed by atoms with E-state index in [2.05, 4.69) is 26.7 Å². The van der Waals surface area contributed by atoms with Crippen LogP contribution in [0, 0.1) is 13.8 Å². The number of halogens is 1. The van der Waals surface area contributed by atoms with Gasteiger partial charge in [0.05, 0.1) is 34.8 Å². The number of hydrogen-bond donors (Lipinski definition) is 1. The molecule has 4 aromatic heterocycles. The Morgan fingerprint density at radius 2 is 2.00 bits per heavy atom. The Hall–Kier alpha value is -4.77. The van der Waals surface area contributed by atoms with Crippen LogP contribution in [0.3, 0.4) is 0 Å². The summed E-state index contributed by atoms with van der Waals surface area (Å²) in [5.74, 6) is 0.702. The molecule has 6 heterocycles. The lowest BCUT2D eigenvalue weighted by atomic mass is 10.00. The molecule has 0 aliphatic carbocycles. The summed E-state index contributed by atoms with van der Waals surface area (Å²) in [6.07, 6.45) is 4.81. The Morgan fingerprint density at radius 3 is 2.77 bits per heavy atom. The van der Waals surface area contributed by atoms with Gasteiger partial charge in [-0.3, -0.25) is 14.9 Å². The number of H-pyrrole nitrogens is 1. The third-order valence-corrected chi connectivity index (χ3v) is 8.91. The number of aryl methyl sites for hydroxylation is 2. The predicted octanol–water partition coefficient (Wildman–Crippen LogP) is 4.71. The zero-order chi connectivity index (χ0) is 30.9. The number of amides is 1. The van der Waals surface area contributed by atoms with Crippen molar-refractivity contribution in [3.05, 3.63) is 75.6 Å². The number of nitrogens with one attached hydrogen (secondary N) is 1. The predicted molar refractivity (Wildman–Crippen MR) is 170 cm³/mol. The van der Waals surface area contributed by atoms with Crippen molar-refractivity contribution in [3.8, 4) is 22.7 Å². The Bertz CT molecular complexity index is 2070. The van der Waals surface area contributed by atoms with Crippen molar-refractivity contribution >= 4 is 45.3 Å². The first-order chi connectivity index (χ1) is 21.2. The van der Waals surface area contributed by atoms with Crippen LogP contribution in [0.4, 0.5) is 5.82 Å². The molecule has 1 saturated heterocycles. The lowest BCUT2D eigenvalue weighted by Gasteiger charge is -2.40. The Morgan fingerprint density at radius 1 is 1.18 bits per heavy atom.